The lowest BCUT2D eigenvalue weighted by molar-refractivity contribution is -0.271. The first-order chi connectivity index (χ1) is 16.2. The lowest BCUT2D eigenvalue weighted by Gasteiger charge is -2.38. The Morgan fingerprint density at radius 3 is 2.41 bits per heavy atom. The van der Waals surface area contributed by atoms with Gasteiger partial charge in [0.1, 0.15) is 30.0 Å². The van der Waals surface area contributed by atoms with Crippen LogP contribution in [-0.2, 0) is 20.9 Å². The second-order valence-corrected chi connectivity index (χ2v) is 7.42. The van der Waals surface area contributed by atoms with Crippen molar-refractivity contribution in [3.8, 4) is 17.6 Å². The molecule has 0 aliphatic carbocycles. The van der Waals surface area contributed by atoms with Gasteiger partial charge in [-0.2, -0.15) is 5.26 Å². The SMILES string of the molecule is N#C/C(=C\c1ccc(O[C@@H]2O[C@H](C(=O)O)[C@@H](O)[C@H](O)[C@H]2O)c(O)c1)C(=O)NCc1ccccc1. The zero-order valence-corrected chi connectivity index (χ0v) is 17.6. The van der Waals surface area contributed by atoms with Gasteiger partial charge >= 0.3 is 5.97 Å². The molecule has 5 atom stereocenters. The van der Waals surface area contributed by atoms with Crippen LogP contribution in [0.1, 0.15) is 11.1 Å². The number of hydrogen-bond acceptors (Lipinski definition) is 9. The van der Waals surface area contributed by atoms with E-state index in [-0.39, 0.29) is 23.4 Å². The number of aromatic hydroxyl groups is 1. The van der Waals surface area contributed by atoms with Gasteiger partial charge in [0.25, 0.3) is 5.91 Å². The summed E-state index contributed by atoms with van der Waals surface area (Å²) in [6, 6.07) is 14.7. The predicted octanol–water partition coefficient (Wildman–Crippen LogP) is -0.113. The maximum Gasteiger partial charge on any atom is 0.335 e. The number of carboxylic acids is 1. The van der Waals surface area contributed by atoms with Crippen LogP contribution in [0.4, 0.5) is 0 Å². The fourth-order valence-electron chi connectivity index (χ4n) is 3.19. The van der Waals surface area contributed by atoms with E-state index < -0.39 is 48.3 Å². The van der Waals surface area contributed by atoms with Crippen molar-refractivity contribution in [3.05, 3.63) is 65.2 Å². The predicted molar refractivity (Wildman–Crippen MR) is 115 cm³/mol. The number of nitrogens with one attached hydrogen (secondary N) is 1. The van der Waals surface area contributed by atoms with Gasteiger partial charge in [-0.3, -0.25) is 4.79 Å². The Hall–Kier alpha value is -3.95. The van der Waals surface area contributed by atoms with Crippen LogP contribution in [0, 0.1) is 11.3 Å². The minimum absolute atomic E-state index is 0.212. The van der Waals surface area contributed by atoms with Crippen molar-refractivity contribution in [2.45, 2.75) is 37.3 Å². The molecule has 0 spiro atoms. The number of amides is 1. The van der Waals surface area contributed by atoms with Crippen molar-refractivity contribution in [2.24, 2.45) is 0 Å². The Kier molecular flexibility index (Phi) is 7.83. The van der Waals surface area contributed by atoms with Gasteiger partial charge in [0.2, 0.25) is 6.29 Å². The number of phenolic OH excluding ortho intramolecular Hbond substituents is 1. The molecule has 1 saturated heterocycles. The summed E-state index contributed by atoms with van der Waals surface area (Å²) >= 11 is 0. The first-order valence-electron chi connectivity index (χ1n) is 10.1. The Labute approximate surface area is 193 Å². The summed E-state index contributed by atoms with van der Waals surface area (Å²) in [6.07, 6.45) is -7.87. The maximum absolute atomic E-state index is 12.3. The van der Waals surface area contributed by atoms with E-state index in [4.69, 9.17) is 14.6 Å². The van der Waals surface area contributed by atoms with E-state index in [1.807, 2.05) is 30.3 Å². The molecule has 11 heteroatoms. The van der Waals surface area contributed by atoms with E-state index in [0.717, 1.165) is 5.56 Å². The summed E-state index contributed by atoms with van der Waals surface area (Å²) < 4.78 is 10.3. The molecular weight excluding hydrogens is 448 g/mol. The molecule has 0 aromatic heterocycles. The molecule has 1 fully saturated rings. The average molecular weight is 470 g/mol. The lowest BCUT2D eigenvalue weighted by atomic mass is 9.99. The van der Waals surface area contributed by atoms with Crippen LogP contribution in [-0.4, -0.2) is 68.1 Å². The van der Waals surface area contributed by atoms with Crippen molar-refractivity contribution in [3.63, 3.8) is 0 Å². The molecule has 34 heavy (non-hydrogen) atoms. The van der Waals surface area contributed by atoms with E-state index in [1.165, 1.54) is 24.3 Å². The molecule has 6 N–H and O–H groups in total. The minimum Gasteiger partial charge on any atom is -0.504 e. The molecule has 178 valence electrons. The van der Waals surface area contributed by atoms with E-state index >= 15 is 0 Å². The van der Waals surface area contributed by atoms with Gasteiger partial charge in [-0.1, -0.05) is 36.4 Å². The van der Waals surface area contributed by atoms with Crippen molar-refractivity contribution in [1.82, 2.24) is 5.32 Å². The molecule has 1 amide bonds. The Morgan fingerprint density at radius 2 is 1.79 bits per heavy atom. The van der Waals surface area contributed by atoms with Crippen LogP contribution in [0.15, 0.2) is 54.1 Å². The minimum atomic E-state index is -1.88. The third-order valence-corrected chi connectivity index (χ3v) is 5.01. The van der Waals surface area contributed by atoms with E-state index in [0.29, 0.717) is 0 Å². The van der Waals surface area contributed by atoms with Gasteiger partial charge in [0.15, 0.2) is 17.6 Å². The van der Waals surface area contributed by atoms with E-state index in [2.05, 4.69) is 5.32 Å². The molecule has 1 heterocycles. The van der Waals surface area contributed by atoms with Gasteiger partial charge < -0.3 is 40.3 Å². The molecule has 3 rings (SSSR count). The summed E-state index contributed by atoms with van der Waals surface area (Å²) in [5.74, 6) is -2.90. The number of carbonyl (C=O) groups is 2. The highest BCUT2D eigenvalue weighted by Crippen LogP contribution is 2.31. The zero-order valence-electron chi connectivity index (χ0n) is 17.6. The van der Waals surface area contributed by atoms with Crippen molar-refractivity contribution in [2.75, 3.05) is 0 Å². The summed E-state index contributed by atoms with van der Waals surface area (Å²) in [7, 11) is 0. The van der Waals surface area contributed by atoms with Crippen LogP contribution in [0.25, 0.3) is 6.08 Å². The fraction of sp³-hybridized carbons (Fsp3) is 0.261. The first-order valence-corrected chi connectivity index (χ1v) is 10.1. The second kappa shape index (κ2) is 10.8. The number of aliphatic carboxylic acids is 1. The summed E-state index contributed by atoms with van der Waals surface area (Å²) in [6.45, 7) is 0.221. The van der Waals surface area contributed by atoms with Gasteiger partial charge in [0, 0.05) is 6.54 Å². The third-order valence-electron chi connectivity index (χ3n) is 5.01. The number of aliphatic hydroxyl groups excluding tert-OH is 3. The zero-order chi connectivity index (χ0) is 24.8. The number of rotatable bonds is 7. The van der Waals surface area contributed by atoms with Crippen LogP contribution in [0.2, 0.25) is 0 Å². The highest BCUT2D eigenvalue weighted by molar-refractivity contribution is 6.01. The molecule has 2 aromatic rings. The normalized spacial score (nSPS) is 24.6. The van der Waals surface area contributed by atoms with Crippen LogP contribution >= 0.6 is 0 Å². The molecular formula is C23H22N2O9. The largest absolute Gasteiger partial charge is 0.504 e. The van der Waals surface area contributed by atoms with Gasteiger partial charge in [-0.15, -0.1) is 0 Å². The number of nitrogens with zero attached hydrogens (tertiary/aromatic N) is 1. The topological polar surface area (TPSA) is 190 Å². The number of nitriles is 1. The van der Waals surface area contributed by atoms with Crippen LogP contribution in [0.3, 0.4) is 0 Å². The Balaban J connectivity index is 1.71. The molecule has 0 radical (unpaired) electrons. The number of aliphatic hydroxyl groups is 3. The molecule has 0 unspecified atom stereocenters. The molecule has 1 aliphatic rings. The number of carbonyl (C=O) groups excluding carboxylic acids is 1. The molecule has 1 aliphatic heterocycles. The number of ether oxygens (including phenoxy) is 2. The van der Waals surface area contributed by atoms with E-state index in [1.54, 1.807) is 6.07 Å². The highest BCUT2D eigenvalue weighted by atomic mass is 16.7. The maximum atomic E-state index is 12.3. The monoisotopic (exact) mass is 470 g/mol. The summed E-state index contributed by atoms with van der Waals surface area (Å²) in [5.41, 5.74) is 0.916. The standard InChI is InChI=1S/C23H22N2O9/c24-10-14(21(30)25-11-12-4-2-1-3-5-12)8-13-6-7-16(15(26)9-13)33-23-19(29)17(27)18(28)20(34-23)22(31)32/h1-9,17-20,23,26-29H,11H2,(H,25,30)(H,31,32)/b14-8+/t17-,18-,19+,20-,23+/m0/s1. The Bertz CT molecular complexity index is 1110. The number of benzene rings is 2. The number of hydrogen-bond donors (Lipinski definition) is 6. The number of phenols is 1. The fourth-order valence-corrected chi connectivity index (χ4v) is 3.19. The third kappa shape index (κ3) is 5.69. The smallest absolute Gasteiger partial charge is 0.335 e. The number of carboxylic acid groups (broad SMARTS) is 1. The molecule has 11 nitrogen and oxygen atoms in total. The summed E-state index contributed by atoms with van der Waals surface area (Å²) in [4.78, 5) is 23.5. The Morgan fingerprint density at radius 1 is 1.09 bits per heavy atom. The quantitative estimate of drug-likeness (QED) is 0.235. The van der Waals surface area contributed by atoms with Crippen molar-refractivity contribution >= 4 is 18.0 Å². The molecule has 2 aromatic carbocycles. The van der Waals surface area contributed by atoms with Gasteiger partial charge in [0.05, 0.1) is 0 Å². The van der Waals surface area contributed by atoms with Gasteiger partial charge in [-0.05, 0) is 29.3 Å². The highest BCUT2D eigenvalue weighted by Gasteiger charge is 2.48. The molecule has 0 saturated carbocycles. The van der Waals surface area contributed by atoms with Crippen LogP contribution in [0.5, 0.6) is 11.5 Å². The summed E-state index contributed by atoms with van der Waals surface area (Å²) in [5, 5.41) is 60.9. The van der Waals surface area contributed by atoms with Crippen LogP contribution < -0.4 is 10.1 Å². The molecule has 0 bridgehead atoms. The average Bonchev–Trinajstić information content (AvgIpc) is 2.83. The van der Waals surface area contributed by atoms with Crippen molar-refractivity contribution in [1.29, 1.82) is 5.26 Å². The van der Waals surface area contributed by atoms with Crippen molar-refractivity contribution < 1.29 is 44.6 Å². The first kappa shape index (κ1) is 24.7. The second-order valence-electron chi connectivity index (χ2n) is 7.42. The van der Waals surface area contributed by atoms with Gasteiger partial charge in [-0.25, -0.2) is 4.79 Å². The lowest BCUT2D eigenvalue weighted by Crippen LogP contribution is -2.61. The van der Waals surface area contributed by atoms with E-state index in [9.17, 15) is 35.3 Å².